The molecule has 1 amide bonds. The fraction of sp³-hybridized carbons (Fsp3) is 0.667. The molecule has 0 saturated carbocycles. The maximum Gasteiger partial charge on any atom is 0.329 e. The van der Waals surface area contributed by atoms with Crippen LogP contribution in [0.15, 0.2) is 4.52 Å². The topological polar surface area (TPSA) is 117 Å². The highest BCUT2D eigenvalue weighted by Crippen LogP contribution is 2.21. The number of carboxylic acid groups (broad SMARTS) is 1. The first-order valence-corrected chi connectivity index (χ1v) is 6.59. The smallest absolute Gasteiger partial charge is 0.329 e. The normalized spacial score (nSPS) is 21.4. The number of aliphatic carboxylic acids is 1. The van der Waals surface area contributed by atoms with Crippen molar-refractivity contribution in [2.45, 2.75) is 44.7 Å². The molecule has 2 heterocycles. The molecule has 1 fully saturated rings. The van der Waals surface area contributed by atoms with E-state index in [-0.39, 0.29) is 18.3 Å². The van der Waals surface area contributed by atoms with Crippen LogP contribution in [-0.4, -0.2) is 39.2 Å². The van der Waals surface area contributed by atoms with Crippen LogP contribution in [0.3, 0.4) is 0 Å². The number of nitrogens with one attached hydrogen (secondary N) is 2. The van der Waals surface area contributed by atoms with E-state index in [9.17, 15) is 9.59 Å². The second kappa shape index (κ2) is 5.58. The van der Waals surface area contributed by atoms with Crippen LogP contribution in [0, 0.1) is 0 Å². The van der Waals surface area contributed by atoms with Crippen LogP contribution in [0.25, 0.3) is 0 Å². The van der Waals surface area contributed by atoms with Gasteiger partial charge in [-0.1, -0.05) is 12.1 Å². The number of hydrogen-bond donors (Lipinski definition) is 3. The zero-order chi connectivity index (χ0) is 14.8. The lowest BCUT2D eigenvalue weighted by Crippen LogP contribution is -2.51. The van der Waals surface area contributed by atoms with Crippen molar-refractivity contribution in [1.29, 1.82) is 0 Å². The van der Waals surface area contributed by atoms with Crippen molar-refractivity contribution >= 4 is 11.9 Å². The van der Waals surface area contributed by atoms with Gasteiger partial charge in [-0.2, -0.15) is 4.98 Å². The van der Waals surface area contributed by atoms with Crippen molar-refractivity contribution in [3.8, 4) is 0 Å². The molecular formula is C12H18N4O4. The first-order valence-electron chi connectivity index (χ1n) is 6.59. The van der Waals surface area contributed by atoms with E-state index in [4.69, 9.17) is 9.63 Å². The lowest BCUT2D eigenvalue weighted by Gasteiger charge is -2.23. The van der Waals surface area contributed by atoms with E-state index in [0.29, 0.717) is 5.89 Å². The largest absolute Gasteiger partial charge is 0.480 e. The summed E-state index contributed by atoms with van der Waals surface area (Å²) in [6.45, 7) is 3.99. The minimum Gasteiger partial charge on any atom is -0.480 e. The fourth-order valence-corrected chi connectivity index (χ4v) is 1.96. The average Bonchev–Trinajstić information content (AvgIpc) is 3.08. The Kier molecular flexibility index (Phi) is 4.03. The van der Waals surface area contributed by atoms with E-state index in [1.165, 1.54) is 6.92 Å². The van der Waals surface area contributed by atoms with Gasteiger partial charge in [0.05, 0.1) is 6.04 Å². The molecule has 0 bridgehead atoms. The molecule has 3 N–H and O–H groups in total. The van der Waals surface area contributed by atoms with Crippen LogP contribution in [0.2, 0.25) is 0 Å². The number of carbonyl (C=O) groups excluding carboxylic acids is 1. The Hall–Kier alpha value is -1.96. The molecule has 1 saturated heterocycles. The molecule has 2 rings (SSSR count). The lowest BCUT2D eigenvalue weighted by atomic mass is 9.99. The van der Waals surface area contributed by atoms with Crippen LogP contribution >= 0.6 is 0 Å². The molecule has 8 nitrogen and oxygen atoms in total. The van der Waals surface area contributed by atoms with Gasteiger partial charge in [0.15, 0.2) is 0 Å². The van der Waals surface area contributed by atoms with Gasteiger partial charge < -0.3 is 20.3 Å². The molecule has 0 aliphatic carbocycles. The summed E-state index contributed by atoms with van der Waals surface area (Å²) >= 11 is 0. The molecule has 1 aliphatic rings. The molecule has 0 spiro atoms. The quantitative estimate of drug-likeness (QED) is 0.718. The van der Waals surface area contributed by atoms with Crippen LogP contribution in [-0.2, 0) is 4.79 Å². The summed E-state index contributed by atoms with van der Waals surface area (Å²) in [5, 5.41) is 18.3. The second-order valence-corrected chi connectivity index (χ2v) is 5.05. The molecule has 0 radical (unpaired) electrons. The van der Waals surface area contributed by atoms with Crippen LogP contribution < -0.4 is 10.6 Å². The van der Waals surface area contributed by atoms with Gasteiger partial charge >= 0.3 is 5.97 Å². The van der Waals surface area contributed by atoms with Gasteiger partial charge in [-0.05, 0) is 32.7 Å². The van der Waals surface area contributed by atoms with E-state index in [0.717, 1.165) is 19.4 Å². The third kappa shape index (κ3) is 2.79. The summed E-state index contributed by atoms with van der Waals surface area (Å²) < 4.78 is 5.05. The van der Waals surface area contributed by atoms with Crippen molar-refractivity contribution < 1.29 is 19.2 Å². The fourth-order valence-electron chi connectivity index (χ4n) is 1.96. The summed E-state index contributed by atoms with van der Waals surface area (Å²) in [4.78, 5) is 27.1. The van der Waals surface area contributed by atoms with Gasteiger partial charge in [-0.15, -0.1) is 0 Å². The lowest BCUT2D eigenvalue weighted by molar-refractivity contribution is -0.143. The van der Waals surface area contributed by atoms with Crippen LogP contribution in [0.5, 0.6) is 0 Å². The molecule has 1 aliphatic heterocycles. The number of hydrogen-bond acceptors (Lipinski definition) is 6. The molecular weight excluding hydrogens is 264 g/mol. The van der Waals surface area contributed by atoms with E-state index < -0.39 is 17.4 Å². The third-order valence-electron chi connectivity index (χ3n) is 3.57. The standard InChI is InChI=1S/C12H18N4O4/c1-3-12(2,11(18)19)15-9(17)8-14-10(20-16-8)7-5-4-6-13-7/h7,13H,3-6H2,1-2H3,(H,15,17)(H,18,19). The predicted octanol–water partition coefficient (Wildman–Crippen LogP) is 0.477. The highest BCUT2D eigenvalue weighted by atomic mass is 16.5. The molecule has 8 heteroatoms. The Morgan fingerprint density at radius 3 is 2.90 bits per heavy atom. The van der Waals surface area contributed by atoms with Gasteiger partial charge in [0, 0.05) is 0 Å². The van der Waals surface area contributed by atoms with Gasteiger partial charge in [0.1, 0.15) is 5.54 Å². The van der Waals surface area contributed by atoms with Crippen molar-refractivity contribution in [1.82, 2.24) is 20.8 Å². The van der Waals surface area contributed by atoms with Gasteiger partial charge in [0.2, 0.25) is 5.89 Å². The molecule has 2 unspecified atom stereocenters. The predicted molar refractivity (Wildman–Crippen MR) is 68.1 cm³/mol. The molecule has 110 valence electrons. The Labute approximate surface area is 115 Å². The van der Waals surface area contributed by atoms with E-state index in [2.05, 4.69) is 20.8 Å². The first kappa shape index (κ1) is 14.4. The Morgan fingerprint density at radius 2 is 2.35 bits per heavy atom. The number of nitrogens with zero attached hydrogens (tertiary/aromatic N) is 2. The Morgan fingerprint density at radius 1 is 1.60 bits per heavy atom. The number of carbonyl (C=O) groups is 2. The first-order chi connectivity index (χ1) is 9.46. The Balaban J connectivity index is 2.07. The van der Waals surface area contributed by atoms with E-state index in [1.54, 1.807) is 6.92 Å². The number of aromatic nitrogens is 2. The number of carboxylic acids is 1. The Bertz CT molecular complexity index is 509. The zero-order valence-electron chi connectivity index (χ0n) is 11.5. The van der Waals surface area contributed by atoms with Crippen LogP contribution in [0.1, 0.15) is 55.7 Å². The minimum absolute atomic E-state index is 0.0268. The van der Waals surface area contributed by atoms with Crippen molar-refractivity contribution in [3.05, 3.63) is 11.7 Å². The average molecular weight is 282 g/mol. The molecule has 1 aromatic rings. The SMILES string of the molecule is CCC(C)(NC(=O)c1noc(C2CCCN2)n1)C(=O)O. The van der Waals surface area contributed by atoms with Gasteiger partial charge in [0.25, 0.3) is 11.7 Å². The van der Waals surface area contributed by atoms with E-state index >= 15 is 0 Å². The van der Waals surface area contributed by atoms with Crippen molar-refractivity contribution in [2.24, 2.45) is 0 Å². The summed E-state index contributed by atoms with van der Waals surface area (Å²) in [5.41, 5.74) is -1.34. The van der Waals surface area contributed by atoms with Crippen molar-refractivity contribution in [2.75, 3.05) is 6.54 Å². The molecule has 1 aromatic heterocycles. The number of amides is 1. The minimum atomic E-state index is -1.34. The van der Waals surface area contributed by atoms with Crippen molar-refractivity contribution in [3.63, 3.8) is 0 Å². The summed E-state index contributed by atoms with van der Waals surface area (Å²) in [6.07, 6.45) is 2.15. The highest BCUT2D eigenvalue weighted by Gasteiger charge is 2.34. The molecule has 20 heavy (non-hydrogen) atoms. The monoisotopic (exact) mass is 282 g/mol. The highest BCUT2D eigenvalue weighted by molar-refractivity contribution is 5.94. The van der Waals surface area contributed by atoms with Gasteiger partial charge in [-0.25, -0.2) is 4.79 Å². The molecule has 0 aromatic carbocycles. The third-order valence-corrected chi connectivity index (χ3v) is 3.57. The summed E-state index contributed by atoms with van der Waals surface area (Å²) in [5.74, 6) is -1.53. The van der Waals surface area contributed by atoms with E-state index in [1.807, 2.05) is 0 Å². The summed E-state index contributed by atoms with van der Waals surface area (Å²) in [7, 11) is 0. The maximum absolute atomic E-state index is 12.0. The second-order valence-electron chi connectivity index (χ2n) is 5.05. The summed E-state index contributed by atoms with van der Waals surface area (Å²) in [6, 6.07) is -0.0268. The van der Waals surface area contributed by atoms with Gasteiger partial charge in [-0.3, -0.25) is 4.79 Å². The number of rotatable bonds is 5. The molecule has 2 atom stereocenters. The zero-order valence-corrected chi connectivity index (χ0v) is 11.5. The maximum atomic E-state index is 12.0. The van der Waals surface area contributed by atoms with Crippen LogP contribution in [0.4, 0.5) is 0 Å².